The van der Waals surface area contributed by atoms with Gasteiger partial charge < -0.3 is 4.74 Å². The van der Waals surface area contributed by atoms with Crippen molar-refractivity contribution in [3.63, 3.8) is 0 Å². The van der Waals surface area contributed by atoms with Crippen LogP contribution in [0.3, 0.4) is 0 Å². The minimum absolute atomic E-state index is 0.244. The number of halogens is 1. The fraction of sp³-hybridized carbons (Fsp3) is 0.278. The van der Waals surface area contributed by atoms with Crippen LogP contribution in [0.25, 0.3) is 0 Å². The number of ether oxygens (including phenoxy) is 1. The Bertz CT molecular complexity index is 880. The zero-order valence-electron chi connectivity index (χ0n) is 13.9. The molecular formula is C18H19FN2O3S. The molecule has 2 aromatic rings. The Morgan fingerprint density at radius 1 is 1.12 bits per heavy atom. The number of benzene rings is 2. The normalized spacial score (nSPS) is 23.1. The number of methoxy groups -OCH3 is 1. The molecule has 1 N–H and O–H groups in total. The summed E-state index contributed by atoms with van der Waals surface area (Å²) < 4.78 is 41.9. The summed E-state index contributed by atoms with van der Waals surface area (Å²) in [5.74, 6) is -0.324. The van der Waals surface area contributed by atoms with E-state index in [9.17, 15) is 12.8 Å². The van der Waals surface area contributed by atoms with Crippen molar-refractivity contribution in [2.75, 3.05) is 20.0 Å². The maximum Gasteiger partial charge on any atom is 0.175 e. The molecule has 1 heterocycles. The monoisotopic (exact) mass is 362 g/mol. The van der Waals surface area contributed by atoms with Crippen LogP contribution in [0.1, 0.15) is 11.1 Å². The SMILES string of the molecule is COCC1N=CC(c2ccc(F)cc2)(c2ccc(S(C)(=O)=O)cc2)N1. The molecule has 1 aliphatic heterocycles. The Labute approximate surface area is 146 Å². The third kappa shape index (κ3) is 3.49. The van der Waals surface area contributed by atoms with E-state index < -0.39 is 15.4 Å². The van der Waals surface area contributed by atoms with Crippen LogP contribution in [-0.4, -0.2) is 40.8 Å². The van der Waals surface area contributed by atoms with Crippen molar-refractivity contribution in [2.24, 2.45) is 4.99 Å². The van der Waals surface area contributed by atoms with Gasteiger partial charge in [-0.1, -0.05) is 24.3 Å². The fourth-order valence-corrected chi connectivity index (χ4v) is 3.57. The Hall–Kier alpha value is -2.09. The van der Waals surface area contributed by atoms with Crippen molar-refractivity contribution in [1.82, 2.24) is 5.32 Å². The molecule has 0 saturated carbocycles. The first-order valence-electron chi connectivity index (χ1n) is 7.73. The van der Waals surface area contributed by atoms with Crippen molar-refractivity contribution in [1.29, 1.82) is 0 Å². The molecule has 0 saturated heterocycles. The van der Waals surface area contributed by atoms with Gasteiger partial charge in [0.25, 0.3) is 0 Å². The number of hydrogen-bond donors (Lipinski definition) is 1. The molecule has 0 radical (unpaired) electrons. The van der Waals surface area contributed by atoms with E-state index in [-0.39, 0.29) is 16.9 Å². The first-order chi connectivity index (χ1) is 11.8. The summed E-state index contributed by atoms with van der Waals surface area (Å²) in [5, 5.41) is 3.40. The number of hydrogen-bond acceptors (Lipinski definition) is 5. The molecule has 132 valence electrons. The van der Waals surface area contributed by atoms with Crippen LogP contribution in [0.5, 0.6) is 0 Å². The smallest absolute Gasteiger partial charge is 0.175 e. The van der Waals surface area contributed by atoms with Gasteiger partial charge in [0.05, 0.1) is 11.5 Å². The number of rotatable bonds is 5. The predicted octanol–water partition coefficient (Wildman–Crippen LogP) is 2.12. The van der Waals surface area contributed by atoms with E-state index in [4.69, 9.17) is 4.74 Å². The van der Waals surface area contributed by atoms with Crippen molar-refractivity contribution in [2.45, 2.75) is 16.6 Å². The lowest BCUT2D eigenvalue weighted by Crippen LogP contribution is -2.45. The number of nitrogens with one attached hydrogen (secondary N) is 1. The second-order valence-electron chi connectivity index (χ2n) is 6.01. The van der Waals surface area contributed by atoms with Crippen molar-refractivity contribution >= 4 is 16.1 Å². The highest BCUT2D eigenvalue weighted by Gasteiger charge is 2.38. The van der Waals surface area contributed by atoms with E-state index in [1.54, 1.807) is 49.7 Å². The minimum Gasteiger partial charge on any atom is -0.381 e. The molecular weight excluding hydrogens is 343 g/mol. The largest absolute Gasteiger partial charge is 0.381 e. The van der Waals surface area contributed by atoms with Gasteiger partial charge in [-0.2, -0.15) is 0 Å². The van der Waals surface area contributed by atoms with E-state index in [0.29, 0.717) is 6.61 Å². The van der Waals surface area contributed by atoms with Crippen LogP contribution in [0.15, 0.2) is 58.4 Å². The molecule has 0 spiro atoms. The summed E-state index contributed by atoms with van der Waals surface area (Å²) in [4.78, 5) is 4.70. The quantitative estimate of drug-likeness (QED) is 0.885. The highest BCUT2D eigenvalue weighted by molar-refractivity contribution is 7.90. The highest BCUT2D eigenvalue weighted by atomic mass is 32.2. The zero-order valence-corrected chi connectivity index (χ0v) is 14.8. The van der Waals surface area contributed by atoms with Crippen molar-refractivity contribution < 1.29 is 17.5 Å². The van der Waals surface area contributed by atoms with E-state index in [1.807, 2.05) is 0 Å². The highest BCUT2D eigenvalue weighted by Crippen LogP contribution is 2.32. The van der Waals surface area contributed by atoms with E-state index >= 15 is 0 Å². The third-order valence-corrected chi connectivity index (χ3v) is 5.33. The molecule has 2 atom stereocenters. The Balaban J connectivity index is 2.06. The van der Waals surface area contributed by atoms with Crippen molar-refractivity contribution in [3.8, 4) is 0 Å². The first-order valence-corrected chi connectivity index (χ1v) is 9.62. The minimum atomic E-state index is -3.28. The molecule has 0 amide bonds. The molecule has 0 aliphatic carbocycles. The maximum atomic E-state index is 13.3. The van der Waals surface area contributed by atoms with E-state index in [0.717, 1.165) is 11.1 Å². The lowest BCUT2D eigenvalue weighted by atomic mass is 9.84. The zero-order chi connectivity index (χ0) is 18.1. The summed E-state index contributed by atoms with van der Waals surface area (Å²) in [7, 11) is -1.68. The van der Waals surface area contributed by atoms with E-state index in [2.05, 4.69) is 10.3 Å². The number of aliphatic imine (C=N–C) groups is 1. The van der Waals surface area contributed by atoms with Gasteiger partial charge in [0.1, 0.15) is 17.5 Å². The molecule has 5 nitrogen and oxygen atoms in total. The standard InChI is InChI=1S/C18H19FN2O3S/c1-24-11-17-20-12-18(21-17,13-3-7-15(19)8-4-13)14-5-9-16(10-6-14)25(2,22)23/h3-10,12,17,21H,11H2,1-2H3. The predicted molar refractivity (Wildman–Crippen MR) is 94.0 cm³/mol. The van der Waals surface area contributed by atoms with Gasteiger partial charge in [-0.3, -0.25) is 10.3 Å². The van der Waals surface area contributed by atoms with Crippen LogP contribution < -0.4 is 5.32 Å². The average molecular weight is 362 g/mol. The number of sulfone groups is 1. The fourth-order valence-electron chi connectivity index (χ4n) is 2.94. The van der Waals surface area contributed by atoms with Crippen LogP contribution >= 0.6 is 0 Å². The lowest BCUT2D eigenvalue weighted by Gasteiger charge is -2.30. The molecule has 0 bridgehead atoms. The molecule has 2 unspecified atom stereocenters. The Morgan fingerprint density at radius 2 is 1.68 bits per heavy atom. The van der Waals surface area contributed by atoms with Crippen LogP contribution in [0.4, 0.5) is 4.39 Å². The van der Waals surface area contributed by atoms with Gasteiger partial charge >= 0.3 is 0 Å². The second kappa shape index (κ2) is 6.67. The van der Waals surface area contributed by atoms with Crippen molar-refractivity contribution in [3.05, 3.63) is 65.5 Å². The molecule has 3 rings (SSSR count). The number of nitrogens with zero attached hydrogens (tertiary/aromatic N) is 1. The van der Waals surface area contributed by atoms with Gasteiger partial charge in [-0.05, 0) is 35.4 Å². The maximum absolute atomic E-state index is 13.3. The molecule has 1 aliphatic rings. The summed E-state index contributed by atoms with van der Waals surface area (Å²) in [5.41, 5.74) is 0.852. The van der Waals surface area contributed by atoms with Crippen LogP contribution in [-0.2, 0) is 20.1 Å². The third-order valence-electron chi connectivity index (χ3n) is 4.20. The van der Waals surface area contributed by atoms with E-state index in [1.165, 1.54) is 18.4 Å². The molecule has 25 heavy (non-hydrogen) atoms. The molecule has 0 aromatic heterocycles. The summed E-state index contributed by atoms with van der Waals surface area (Å²) in [6.45, 7) is 0.390. The topological polar surface area (TPSA) is 67.8 Å². The van der Waals surface area contributed by atoms with Crippen LogP contribution in [0, 0.1) is 5.82 Å². The summed E-state index contributed by atoms with van der Waals surface area (Å²) in [6.07, 6.45) is 2.69. The Morgan fingerprint density at radius 3 is 2.20 bits per heavy atom. The Kier molecular flexibility index (Phi) is 4.73. The van der Waals surface area contributed by atoms with Gasteiger partial charge in [0.2, 0.25) is 0 Å². The molecule has 2 aromatic carbocycles. The summed E-state index contributed by atoms with van der Waals surface area (Å²) >= 11 is 0. The average Bonchev–Trinajstić information content (AvgIpc) is 3.00. The second-order valence-corrected chi connectivity index (χ2v) is 8.02. The van der Waals surface area contributed by atoms with Gasteiger partial charge in [0.15, 0.2) is 9.84 Å². The molecule has 7 heteroatoms. The van der Waals surface area contributed by atoms with Gasteiger partial charge in [-0.15, -0.1) is 0 Å². The lowest BCUT2D eigenvalue weighted by molar-refractivity contribution is 0.167. The van der Waals surface area contributed by atoms with Gasteiger partial charge in [0, 0.05) is 19.6 Å². The molecule has 0 fully saturated rings. The van der Waals surface area contributed by atoms with Gasteiger partial charge in [-0.25, -0.2) is 12.8 Å². The van der Waals surface area contributed by atoms with Crippen LogP contribution in [0.2, 0.25) is 0 Å². The first kappa shape index (κ1) is 17.7. The summed E-state index contributed by atoms with van der Waals surface area (Å²) in [6, 6.07) is 12.8.